The standard InChI is InChI=1S/C21H23N5O2S/c1-15(17-4-7-20-23-8-9-25(20)12-17)24-11-16-2-5-19(6-3-16)29(27,28)26-13-18-10-21(18,22)14-26/h2-9,12,18,24H,1,10-11,13-14,22H2. The van der Waals surface area contributed by atoms with E-state index in [1.54, 1.807) is 18.3 Å². The van der Waals surface area contributed by atoms with Gasteiger partial charge in [0.25, 0.3) is 0 Å². The van der Waals surface area contributed by atoms with Crippen LogP contribution in [0.4, 0.5) is 0 Å². The van der Waals surface area contributed by atoms with Crippen molar-refractivity contribution in [1.29, 1.82) is 0 Å². The van der Waals surface area contributed by atoms with Gasteiger partial charge in [0, 0.05) is 55.0 Å². The molecular weight excluding hydrogens is 386 g/mol. The average Bonchev–Trinajstić information content (AvgIpc) is 3.06. The molecule has 1 aromatic carbocycles. The Morgan fingerprint density at radius 1 is 1.28 bits per heavy atom. The molecule has 150 valence electrons. The second kappa shape index (κ2) is 6.41. The van der Waals surface area contributed by atoms with Crippen molar-refractivity contribution in [3.63, 3.8) is 0 Å². The molecule has 1 aliphatic heterocycles. The summed E-state index contributed by atoms with van der Waals surface area (Å²) in [5, 5.41) is 3.30. The molecule has 2 aliphatic rings. The molecule has 2 aromatic heterocycles. The number of rotatable bonds is 6. The van der Waals surface area contributed by atoms with Gasteiger partial charge in [-0.25, -0.2) is 13.4 Å². The minimum absolute atomic E-state index is 0.295. The van der Waals surface area contributed by atoms with Gasteiger partial charge in [-0.05, 0) is 42.2 Å². The van der Waals surface area contributed by atoms with Crippen molar-refractivity contribution in [3.8, 4) is 0 Å². The summed E-state index contributed by atoms with van der Waals surface area (Å²) in [6.45, 7) is 5.61. The fraction of sp³-hybridized carbons (Fsp3) is 0.286. The van der Waals surface area contributed by atoms with Crippen molar-refractivity contribution in [1.82, 2.24) is 19.0 Å². The molecule has 3 heterocycles. The average molecular weight is 410 g/mol. The molecule has 1 aliphatic carbocycles. The van der Waals surface area contributed by atoms with Gasteiger partial charge in [0.15, 0.2) is 0 Å². The Hall–Kier alpha value is -2.68. The highest BCUT2D eigenvalue weighted by molar-refractivity contribution is 7.89. The Bertz CT molecular complexity index is 1200. The maximum atomic E-state index is 12.8. The van der Waals surface area contributed by atoms with Crippen LogP contribution in [0.3, 0.4) is 0 Å². The van der Waals surface area contributed by atoms with Crippen molar-refractivity contribution >= 4 is 21.4 Å². The first kappa shape index (κ1) is 18.4. The van der Waals surface area contributed by atoms with Crippen LogP contribution in [0, 0.1) is 5.92 Å². The van der Waals surface area contributed by atoms with E-state index >= 15 is 0 Å². The van der Waals surface area contributed by atoms with Crippen LogP contribution < -0.4 is 11.1 Å². The van der Waals surface area contributed by atoms with E-state index in [-0.39, 0.29) is 5.54 Å². The summed E-state index contributed by atoms with van der Waals surface area (Å²) in [7, 11) is -3.48. The van der Waals surface area contributed by atoms with Crippen molar-refractivity contribution in [2.45, 2.75) is 23.4 Å². The Labute approximate surface area is 169 Å². The van der Waals surface area contributed by atoms with E-state index in [9.17, 15) is 8.42 Å². The first-order valence-corrected chi connectivity index (χ1v) is 11.0. The van der Waals surface area contributed by atoms with Crippen molar-refractivity contribution < 1.29 is 8.42 Å². The van der Waals surface area contributed by atoms with Crippen LogP contribution in [-0.4, -0.2) is 40.7 Å². The molecule has 2 unspecified atom stereocenters. The fourth-order valence-electron chi connectivity index (χ4n) is 4.00. The molecule has 0 amide bonds. The second-order valence-electron chi connectivity index (χ2n) is 8.02. The fourth-order valence-corrected chi connectivity index (χ4v) is 5.56. The Morgan fingerprint density at radius 3 is 2.79 bits per heavy atom. The van der Waals surface area contributed by atoms with Gasteiger partial charge < -0.3 is 15.5 Å². The normalized spacial score (nSPS) is 23.8. The predicted molar refractivity (Wildman–Crippen MR) is 111 cm³/mol. The second-order valence-corrected chi connectivity index (χ2v) is 9.96. The van der Waals surface area contributed by atoms with Crippen molar-refractivity contribution in [2.75, 3.05) is 13.1 Å². The van der Waals surface area contributed by atoms with Crippen LogP contribution in [0.5, 0.6) is 0 Å². The molecule has 3 N–H and O–H groups in total. The number of fused-ring (bicyclic) bond motifs is 2. The number of benzene rings is 1. The summed E-state index contributed by atoms with van der Waals surface area (Å²) in [6, 6.07) is 10.9. The monoisotopic (exact) mass is 409 g/mol. The van der Waals surface area contributed by atoms with Crippen molar-refractivity contribution in [2.24, 2.45) is 11.7 Å². The predicted octanol–water partition coefficient (Wildman–Crippen LogP) is 1.82. The van der Waals surface area contributed by atoms with Gasteiger partial charge in [0.2, 0.25) is 10.0 Å². The molecular formula is C21H23N5O2S. The summed E-state index contributed by atoms with van der Waals surface area (Å²) in [5.74, 6) is 0.313. The molecule has 5 rings (SSSR count). The Morgan fingerprint density at radius 2 is 2.07 bits per heavy atom. The van der Waals surface area contributed by atoms with Gasteiger partial charge >= 0.3 is 0 Å². The lowest BCUT2D eigenvalue weighted by atomic mass is 10.2. The number of hydrogen-bond acceptors (Lipinski definition) is 5. The van der Waals surface area contributed by atoms with E-state index < -0.39 is 10.0 Å². The van der Waals surface area contributed by atoms with E-state index in [4.69, 9.17) is 5.73 Å². The largest absolute Gasteiger partial charge is 0.381 e. The zero-order valence-electron chi connectivity index (χ0n) is 16.0. The summed E-state index contributed by atoms with van der Waals surface area (Å²) in [5.41, 5.74) is 9.49. The third-order valence-electron chi connectivity index (χ3n) is 5.98. The highest BCUT2D eigenvalue weighted by atomic mass is 32.2. The molecule has 3 aromatic rings. The van der Waals surface area contributed by atoms with Crippen LogP contribution >= 0.6 is 0 Å². The Kier molecular flexibility index (Phi) is 4.06. The van der Waals surface area contributed by atoms with Crippen LogP contribution in [-0.2, 0) is 16.6 Å². The maximum absolute atomic E-state index is 12.8. The molecule has 29 heavy (non-hydrogen) atoms. The Balaban J connectivity index is 1.24. The highest BCUT2D eigenvalue weighted by Gasteiger charge is 2.59. The lowest BCUT2D eigenvalue weighted by Crippen LogP contribution is -2.36. The van der Waals surface area contributed by atoms with Gasteiger partial charge in [0.1, 0.15) is 5.65 Å². The van der Waals surface area contributed by atoms with E-state index in [1.165, 1.54) is 4.31 Å². The third kappa shape index (κ3) is 3.23. The number of pyridine rings is 1. The third-order valence-corrected chi connectivity index (χ3v) is 7.80. The van der Waals surface area contributed by atoms with Gasteiger partial charge in [0.05, 0.1) is 4.90 Å². The number of nitrogens with two attached hydrogens (primary N) is 1. The van der Waals surface area contributed by atoms with Crippen LogP contribution in [0.1, 0.15) is 17.5 Å². The minimum Gasteiger partial charge on any atom is -0.381 e. The smallest absolute Gasteiger partial charge is 0.243 e. The molecule has 8 heteroatoms. The lowest BCUT2D eigenvalue weighted by molar-refractivity contribution is 0.433. The zero-order valence-corrected chi connectivity index (χ0v) is 16.8. The van der Waals surface area contributed by atoms with E-state index in [2.05, 4.69) is 16.9 Å². The van der Waals surface area contributed by atoms with Crippen LogP contribution in [0.25, 0.3) is 11.3 Å². The number of sulfonamides is 1. The summed E-state index contributed by atoms with van der Waals surface area (Å²) < 4.78 is 29.1. The molecule has 2 fully saturated rings. The summed E-state index contributed by atoms with van der Waals surface area (Å²) in [6.07, 6.45) is 6.55. The highest BCUT2D eigenvalue weighted by Crippen LogP contribution is 2.48. The molecule has 0 spiro atoms. The van der Waals surface area contributed by atoms with Crippen LogP contribution in [0.2, 0.25) is 0 Å². The topological polar surface area (TPSA) is 92.7 Å². The summed E-state index contributed by atoms with van der Waals surface area (Å²) >= 11 is 0. The minimum atomic E-state index is -3.48. The maximum Gasteiger partial charge on any atom is 0.243 e. The number of nitrogens with one attached hydrogen (secondary N) is 1. The number of piperidine rings is 1. The van der Waals surface area contributed by atoms with Gasteiger partial charge in [-0.1, -0.05) is 18.7 Å². The number of nitrogens with zero attached hydrogens (tertiary/aromatic N) is 3. The van der Waals surface area contributed by atoms with E-state index in [0.717, 1.165) is 28.9 Å². The molecule has 1 saturated heterocycles. The van der Waals surface area contributed by atoms with Gasteiger partial charge in [-0.3, -0.25) is 0 Å². The van der Waals surface area contributed by atoms with E-state index in [0.29, 0.717) is 30.4 Å². The zero-order chi connectivity index (χ0) is 20.2. The van der Waals surface area contributed by atoms with Gasteiger partial charge in [-0.2, -0.15) is 4.31 Å². The molecule has 0 radical (unpaired) electrons. The number of aromatic nitrogens is 2. The molecule has 1 saturated carbocycles. The molecule has 0 bridgehead atoms. The molecule has 7 nitrogen and oxygen atoms in total. The summed E-state index contributed by atoms with van der Waals surface area (Å²) in [4.78, 5) is 4.55. The SMILES string of the molecule is C=C(NCc1ccc(S(=O)(=O)N2CC3CC3(N)C2)cc1)c1ccc2nccn2c1. The van der Waals surface area contributed by atoms with Crippen molar-refractivity contribution in [3.05, 3.63) is 72.7 Å². The van der Waals surface area contributed by atoms with E-state index in [1.807, 2.05) is 41.1 Å². The first-order valence-electron chi connectivity index (χ1n) is 9.59. The number of hydrogen-bond donors (Lipinski definition) is 2. The lowest BCUT2D eigenvalue weighted by Gasteiger charge is -2.19. The first-order chi connectivity index (χ1) is 13.8. The molecule has 2 atom stereocenters. The number of imidazole rings is 1. The quantitative estimate of drug-likeness (QED) is 0.648. The van der Waals surface area contributed by atoms with Crippen LogP contribution in [0.15, 0.2) is 66.5 Å². The van der Waals surface area contributed by atoms with Gasteiger partial charge in [-0.15, -0.1) is 0 Å².